The molecular weight excluding hydrogens is 408 g/mol. The topological polar surface area (TPSA) is 9.23 Å². The maximum Gasteiger partial charge on any atom is 0.206 e. The van der Waals surface area contributed by atoms with Crippen LogP contribution in [0, 0.1) is 0 Å². The molecule has 0 amide bonds. The third kappa shape index (κ3) is 2.24. The lowest BCUT2D eigenvalue weighted by atomic mass is 9.61. The van der Waals surface area contributed by atoms with Gasteiger partial charge in [-0.3, -0.25) is 0 Å². The first-order chi connectivity index (χ1) is 14.9. The molecule has 8 rings (SSSR count). The van der Waals surface area contributed by atoms with Crippen molar-refractivity contribution in [3.05, 3.63) is 106 Å². The summed E-state index contributed by atoms with van der Waals surface area (Å²) in [5.74, 6) is 0.690. The summed E-state index contributed by atoms with van der Waals surface area (Å²) in [4.78, 5) is 0. The van der Waals surface area contributed by atoms with Gasteiger partial charge in [0.2, 0.25) is 16.6 Å². The molecule has 1 heterocycles. The molecule has 2 bridgehead atoms. The van der Waals surface area contributed by atoms with Crippen molar-refractivity contribution in [1.82, 2.24) is 0 Å². The molecule has 0 unspecified atom stereocenters. The monoisotopic (exact) mass is 434 g/mol. The summed E-state index contributed by atoms with van der Waals surface area (Å²) < 4.78 is 6.74. The van der Waals surface area contributed by atoms with Crippen LogP contribution in [0.5, 0.6) is 0 Å². The first-order valence-corrected chi connectivity index (χ1v) is 17.2. The molecule has 4 aromatic carbocycles. The fourth-order valence-corrected chi connectivity index (χ4v) is 16.9. The van der Waals surface area contributed by atoms with Crippen LogP contribution in [0.3, 0.4) is 0 Å². The Morgan fingerprint density at radius 3 is 1.23 bits per heavy atom. The van der Waals surface area contributed by atoms with Gasteiger partial charge in [0.1, 0.15) is 0 Å². The van der Waals surface area contributed by atoms with E-state index in [0.717, 1.165) is 0 Å². The zero-order chi connectivity index (χ0) is 21.1. The lowest BCUT2D eigenvalue weighted by Gasteiger charge is -2.42. The molecule has 0 saturated heterocycles. The summed E-state index contributed by atoms with van der Waals surface area (Å²) >= 11 is 0. The summed E-state index contributed by atoms with van der Waals surface area (Å²) in [5.41, 5.74) is 8.97. The molecule has 3 aliphatic carbocycles. The molecule has 0 aromatic heterocycles. The molecule has 4 aliphatic rings. The van der Waals surface area contributed by atoms with E-state index in [1.807, 2.05) is 0 Å². The van der Waals surface area contributed by atoms with Gasteiger partial charge in [-0.25, -0.2) is 0 Å². The molecule has 1 nitrogen and oxygen atoms in total. The van der Waals surface area contributed by atoms with Gasteiger partial charge in [0.15, 0.2) is 0 Å². The molecule has 0 saturated carbocycles. The zero-order valence-corrected chi connectivity index (χ0v) is 20.5. The van der Waals surface area contributed by atoms with Gasteiger partial charge in [0, 0.05) is 11.8 Å². The molecule has 0 N–H and O–H groups in total. The van der Waals surface area contributed by atoms with Gasteiger partial charge in [-0.2, -0.15) is 0 Å². The van der Waals surface area contributed by atoms with Gasteiger partial charge < -0.3 is 4.12 Å². The van der Waals surface area contributed by atoms with Gasteiger partial charge in [-0.05, 0) is 92.8 Å². The maximum absolute atomic E-state index is 6.74. The zero-order valence-electron chi connectivity index (χ0n) is 18.5. The lowest BCUT2D eigenvalue weighted by Crippen LogP contribution is -2.44. The second kappa shape index (κ2) is 5.66. The summed E-state index contributed by atoms with van der Waals surface area (Å²) in [6.45, 7) is 9.47. The first kappa shape index (κ1) is 18.1. The van der Waals surface area contributed by atoms with Crippen molar-refractivity contribution in [2.24, 2.45) is 0 Å². The van der Waals surface area contributed by atoms with Crippen LogP contribution >= 0.6 is 0 Å². The van der Waals surface area contributed by atoms with Gasteiger partial charge in [-0.1, -0.05) is 60.7 Å². The van der Waals surface area contributed by atoms with Crippen LogP contribution < -0.4 is 10.4 Å². The van der Waals surface area contributed by atoms with E-state index in [1.54, 1.807) is 0 Å². The summed E-state index contributed by atoms with van der Waals surface area (Å²) in [5, 5.41) is 5.82. The van der Waals surface area contributed by atoms with Crippen molar-refractivity contribution in [3.8, 4) is 0 Å². The van der Waals surface area contributed by atoms with Crippen molar-refractivity contribution >= 4 is 37.8 Å². The van der Waals surface area contributed by atoms with E-state index in [2.05, 4.69) is 99.0 Å². The number of rotatable bonds is 0. The van der Waals surface area contributed by atoms with Crippen LogP contribution in [0.25, 0.3) is 10.8 Å². The Labute approximate surface area is 186 Å². The average molecular weight is 435 g/mol. The molecule has 3 heteroatoms. The van der Waals surface area contributed by atoms with Gasteiger partial charge in [0.05, 0.1) is 0 Å². The number of hydrogen-bond donors (Lipinski definition) is 0. The number of benzene rings is 4. The fraction of sp³-hybridized carbons (Fsp3) is 0.214. The van der Waals surface area contributed by atoms with Crippen LogP contribution in [0.1, 0.15) is 45.2 Å². The quantitative estimate of drug-likeness (QED) is 0.279. The van der Waals surface area contributed by atoms with E-state index < -0.39 is 16.6 Å². The van der Waals surface area contributed by atoms with E-state index >= 15 is 0 Å². The molecule has 4 aromatic rings. The van der Waals surface area contributed by atoms with Gasteiger partial charge in [-0.15, -0.1) is 0 Å². The van der Waals surface area contributed by atoms with E-state index in [0.29, 0.717) is 11.8 Å². The Hall–Kier alpha value is -2.47. The third-order valence-corrected chi connectivity index (χ3v) is 15.6. The van der Waals surface area contributed by atoms with E-state index in [9.17, 15) is 0 Å². The minimum absolute atomic E-state index is 0.345. The van der Waals surface area contributed by atoms with Crippen molar-refractivity contribution < 1.29 is 4.12 Å². The van der Waals surface area contributed by atoms with E-state index in [1.165, 1.54) is 54.5 Å². The molecule has 1 aliphatic heterocycles. The Kier molecular flexibility index (Phi) is 3.31. The van der Waals surface area contributed by atoms with Crippen molar-refractivity contribution in [3.63, 3.8) is 0 Å². The average Bonchev–Trinajstić information content (AvgIpc) is 2.93. The molecule has 0 radical (unpaired) electrons. The van der Waals surface area contributed by atoms with Crippen molar-refractivity contribution in [2.45, 2.75) is 38.0 Å². The maximum atomic E-state index is 6.74. The van der Waals surface area contributed by atoms with E-state index in [4.69, 9.17) is 4.12 Å². The minimum atomic E-state index is -1.82. The molecule has 0 spiro atoms. The number of fused-ring (bicyclic) bond motifs is 2. The number of hydrogen-bond acceptors (Lipinski definition) is 1. The predicted octanol–water partition coefficient (Wildman–Crippen LogP) is 5.68. The molecular formula is C28H26OSi2. The Morgan fingerprint density at radius 1 is 0.516 bits per heavy atom. The Balaban J connectivity index is 1.54. The largest absolute Gasteiger partial charge is 0.449 e. The van der Waals surface area contributed by atoms with Gasteiger partial charge in [0.25, 0.3) is 0 Å². The normalized spacial score (nSPS) is 23.2. The van der Waals surface area contributed by atoms with Crippen molar-refractivity contribution in [1.29, 1.82) is 0 Å². The van der Waals surface area contributed by atoms with Gasteiger partial charge >= 0.3 is 0 Å². The highest BCUT2D eigenvalue weighted by atomic mass is 28.4. The standard InChI is InChI=1S/C28H26OSi2/c1-30(2)25-15-17-13-23-24(14-18(17)16-26(25)31(3,4)29-30)28-21-11-7-5-9-19(21)27(23)20-10-6-8-12-22(20)28/h5-16,27-28H,1-4H3. The fourth-order valence-electron chi connectivity index (χ4n) is 6.71. The smallest absolute Gasteiger partial charge is 0.206 e. The molecule has 31 heavy (non-hydrogen) atoms. The van der Waals surface area contributed by atoms with E-state index in [-0.39, 0.29) is 0 Å². The molecule has 152 valence electrons. The molecule has 0 atom stereocenters. The van der Waals surface area contributed by atoms with Crippen LogP contribution in [-0.4, -0.2) is 16.6 Å². The first-order valence-electron chi connectivity index (χ1n) is 11.4. The highest BCUT2D eigenvalue weighted by Gasteiger charge is 2.47. The van der Waals surface area contributed by atoms with Crippen LogP contribution in [-0.2, 0) is 4.12 Å². The summed E-state index contributed by atoms with van der Waals surface area (Å²) in [6.07, 6.45) is 0. The Morgan fingerprint density at radius 2 is 0.871 bits per heavy atom. The van der Waals surface area contributed by atoms with Crippen molar-refractivity contribution in [2.75, 3.05) is 0 Å². The van der Waals surface area contributed by atoms with Crippen LogP contribution in [0.2, 0.25) is 26.2 Å². The SMILES string of the molecule is C[Si]1(C)O[Si](C)(C)c2cc3cc4c(cc3cc21)C1c2ccccc2C4c2ccccc21. The highest BCUT2D eigenvalue weighted by molar-refractivity contribution is 7.06. The van der Waals surface area contributed by atoms with Crippen LogP contribution in [0.15, 0.2) is 72.8 Å². The second-order valence-electron chi connectivity index (χ2n) is 10.5. The third-order valence-electron chi connectivity index (χ3n) is 7.84. The predicted molar refractivity (Wildman–Crippen MR) is 134 cm³/mol. The molecule has 0 fully saturated rings. The Bertz CT molecular complexity index is 1280. The minimum Gasteiger partial charge on any atom is -0.449 e. The summed E-state index contributed by atoms with van der Waals surface area (Å²) in [7, 11) is -3.64. The lowest BCUT2D eigenvalue weighted by molar-refractivity contribution is 0.583. The highest BCUT2D eigenvalue weighted by Crippen LogP contribution is 2.56. The van der Waals surface area contributed by atoms with Crippen LogP contribution in [0.4, 0.5) is 0 Å². The summed E-state index contributed by atoms with van der Waals surface area (Å²) in [6, 6.07) is 28.2. The second-order valence-corrected chi connectivity index (χ2v) is 18.4.